The van der Waals surface area contributed by atoms with Crippen molar-refractivity contribution in [2.75, 3.05) is 7.11 Å². The summed E-state index contributed by atoms with van der Waals surface area (Å²) in [7, 11) is 1.39. The third-order valence-electron chi connectivity index (χ3n) is 5.93. The first kappa shape index (κ1) is 21.8. The largest absolute Gasteiger partial charge is 0.465 e. The Morgan fingerprint density at radius 2 is 1.91 bits per heavy atom. The van der Waals surface area contributed by atoms with Crippen LogP contribution in [0.1, 0.15) is 39.4 Å². The molecule has 4 aromatic rings. The first-order chi connectivity index (χ1) is 16.7. The van der Waals surface area contributed by atoms with Crippen molar-refractivity contribution in [3.8, 4) is 5.69 Å². The Labute approximate surface area is 203 Å². The number of methoxy groups -OCH3 is 1. The van der Waals surface area contributed by atoms with Gasteiger partial charge < -0.3 is 19.5 Å². The minimum Gasteiger partial charge on any atom is -0.465 e. The van der Waals surface area contributed by atoms with Gasteiger partial charge in [0.1, 0.15) is 0 Å². The zero-order valence-corrected chi connectivity index (χ0v) is 19.4. The SMILES string of the molecule is COC(=O)c1ccccc1-n1cccc1[C@H]1[C@H](c2ccccn2)NC(=S)N1Cc1cccnc1. The van der Waals surface area contributed by atoms with Gasteiger partial charge in [0.05, 0.1) is 36.1 Å². The van der Waals surface area contributed by atoms with E-state index in [4.69, 9.17) is 17.0 Å². The van der Waals surface area contributed by atoms with Crippen molar-refractivity contribution in [2.45, 2.75) is 18.6 Å². The summed E-state index contributed by atoms with van der Waals surface area (Å²) < 4.78 is 7.06. The van der Waals surface area contributed by atoms with E-state index in [0.29, 0.717) is 17.2 Å². The zero-order chi connectivity index (χ0) is 23.5. The van der Waals surface area contributed by atoms with Gasteiger partial charge in [-0.2, -0.15) is 0 Å². The molecule has 0 radical (unpaired) electrons. The van der Waals surface area contributed by atoms with Crippen molar-refractivity contribution in [1.82, 2.24) is 24.8 Å². The number of thiocarbonyl (C=S) groups is 1. The highest BCUT2D eigenvalue weighted by molar-refractivity contribution is 7.80. The van der Waals surface area contributed by atoms with Gasteiger partial charge >= 0.3 is 5.97 Å². The summed E-state index contributed by atoms with van der Waals surface area (Å²) in [6.07, 6.45) is 7.34. The average Bonchev–Trinajstić information content (AvgIpc) is 3.49. The molecular weight excluding hydrogens is 446 g/mol. The van der Waals surface area contributed by atoms with E-state index in [0.717, 1.165) is 22.6 Å². The molecule has 5 rings (SSSR count). The Kier molecular flexibility index (Phi) is 6.05. The molecule has 0 amide bonds. The highest BCUT2D eigenvalue weighted by Gasteiger charge is 2.41. The number of aromatic nitrogens is 3. The molecule has 1 aliphatic heterocycles. The molecule has 7 nitrogen and oxygen atoms in total. The Bertz CT molecular complexity index is 1310. The van der Waals surface area contributed by atoms with Gasteiger partial charge in [0.2, 0.25) is 0 Å². The van der Waals surface area contributed by atoms with Crippen LogP contribution in [-0.4, -0.2) is 37.6 Å². The molecule has 2 atom stereocenters. The highest BCUT2D eigenvalue weighted by atomic mass is 32.1. The number of rotatable bonds is 6. The molecule has 0 unspecified atom stereocenters. The Balaban J connectivity index is 1.63. The van der Waals surface area contributed by atoms with Gasteiger partial charge in [-0.15, -0.1) is 0 Å². The number of hydrogen-bond donors (Lipinski definition) is 1. The number of nitrogens with zero attached hydrogens (tertiary/aromatic N) is 4. The third-order valence-corrected chi connectivity index (χ3v) is 6.28. The van der Waals surface area contributed by atoms with E-state index in [9.17, 15) is 4.79 Å². The van der Waals surface area contributed by atoms with Crippen molar-refractivity contribution < 1.29 is 9.53 Å². The monoisotopic (exact) mass is 469 g/mol. The number of esters is 1. The lowest BCUT2D eigenvalue weighted by molar-refractivity contribution is 0.0600. The van der Waals surface area contributed by atoms with Crippen LogP contribution in [0.15, 0.2) is 91.5 Å². The van der Waals surface area contributed by atoms with Gasteiger partial charge in [0, 0.05) is 37.0 Å². The fourth-order valence-corrected chi connectivity index (χ4v) is 4.71. The van der Waals surface area contributed by atoms with Crippen molar-refractivity contribution in [3.63, 3.8) is 0 Å². The molecule has 1 aliphatic rings. The van der Waals surface area contributed by atoms with Crippen molar-refractivity contribution in [2.24, 2.45) is 0 Å². The van der Waals surface area contributed by atoms with E-state index in [1.165, 1.54) is 7.11 Å². The lowest BCUT2D eigenvalue weighted by Crippen LogP contribution is -2.30. The summed E-state index contributed by atoms with van der Waals surface area (Å²) in [5, 5.41) is 4.11. The van der Waals surface area contributed by atoms with Crippen molar-refractivity contribution >= 4 is 23.3 Å². The van der Waals surface area contributed by atoms with Crippen LogP contribution in [0.3, 0.4) is 0 Å². The predicted octanol–water partition coefficient (Wildman–Crippen LogP) is 4.23. The lowest BCUT2D eigenvalue weighted by atomic mass is 10.0. The minimum absolute atomic E-state index is 0.177. The number of benzene rings is 1. The number of nitrogens with one attached hydrogen (secondary N) is 1. The summed E-state index contributed by atoms with van der Waals surface area (Å²) in [4.78, 5) is 23.5. The summed E-state index contributed by atoms with van der Waals surface area (Å²) in [5.74, 6) is -0.385. The number of para-hydroxylation sites is 1. The van der Waals surface area contributed by atoms with E-state index < -0.39 is 0 Å². The molecule has 170 valence electrons. The zero-order valence-electron chi connectivity index (χ0n) is 18.5. The van der Waals surface area contributed by atoms with Crippen LogP contribution in [0.2, 0.25) is 0 Å². The Morgan fingerprint density at radius 3 is 2.68 bits per heavy atom. The third kappa shape index (κ3) is 4.04. The number of pyridine rings is 2. The topological polar surface area (TPSA) is 72.3 Å². The Hall–Kier alpha value is -4.04. The summed E-state index contributed by atoms with van der Waals surface area (Å²) >= 11 is 5.80. The second-order valence-electron chi connectivity index (χ2n) is 7.93. The van der Waals surface area contributed by atoms with Crippen LogP contribution in [0.25, 0.3) is 5.69 Å². The highest BCUT2D eigenvalue weighted by Crippen LogP contribution is 2.40. The van der Waals surface area contributed by atoms with E-state index in [2.05, 4.69) is 26.3 Å². The van der Waals surface area contributed by atoms with Crippen LogP contribution >= 0.6 is 12.2 Å². The molecule has 0 saturated carbocycles. The first-order valence-electron chi connectivity index (χ1n) is 10.9. The maximum Gasteiger partial charge on any atom is 0.339 e. The van der Waals surface area contributed by atoms with E-state index in [1.807, 2.05) is 71.6 Å². The molecular formula is C26H23N5O2S. The molecule has 0 aliphatic carbocycles. The average molecular weight is 470 g/mol. The van der Waals surface area contributed by atoms with E-state index >= 15 is 0 Å². The Morgan fingerprint density at radius 1 is 1.06 bits per heavy atom. The van der Waals surface area contributed by atoms with Crippen molar-refractivity contribution in [3.05, 3.63) is 114 Å². The van der Waals surface area contributed by atoms with Crippen LogP contribution in [0.5, 0.6) is 0 Å². The number of carbonyl (C=O) groups excluding carboxylic acids is 1. The van der Waals surface area contributed by atoms with Gasteiger partial charge in [-0.3, -0.25) is 9.97 Å². The van der Waals surface area contributed by atoms with Gasteiger partial charge in [-0.1, -0.05) is 24.3 Å². The number of hydrogen-bond acceptors (Lipinski definition) is 5. The van der Waals surface area contributed by atoms with Crippen LogP contribution in [0.4, 0.5) is 0 Å². The van der Waals surface area contributed by atoms with Gasteiger partial charge in [-0.25, -0.2) is 4.79 Å². The molecule has 0 bridgehead atoms. The molecule has 1 saturated heterocycles. The molecule has 1 aromatic carbocycles. The van der Waals surface area contributed by atoms with Crippen LogP contribution in [-0.2, 0) is 11.3 Å². The quantitative estimate of drug-likeness (QED) is 0.335. The maximum absolute atomic E-state index is 12.5. The molecule has 3 aromatic heterocycles. The fourth-order valence-electron chi connectivity index (χ4n) is 4.41. The molecule has 1 fully saturated rings. The molecule has 1 N–H and O–H groups in total. The van der Waals surface area contributed by atoms with Gasteiger partial charge in [0.15, 0.2) is 5.11 Å². The minimum atomic E-state index is -0.385. The summed E-state index contributed by atoms with van der Waals surface area (Å²) in [6.45, 7) is 0.581. The summed E-state index contributed by atoms with van der Waals surface area (Å²) in [6, 6.07) is 20.9. The summed E-state index contributed by atoms with van der Waals surface area (Å²) in [5.41, 5.74) is 4.14. The van der Waals surface area contributed by atoms with E-state index in [1.54, 1.807) is 18.5 Å². The van der Waals surface area contributed by atoms with E-state index in [-0.39, 0.29) is 18.1 Å². The standard InChI is InChI=1S/C26H23N5O2S/c1-33-25(32)19-9-2-3-11-21(19)30-15-7-12-22(30)24-23(20-10-4-5-14-28-20)29-26(34)31(24)17-18-8-6-13-27-16-18/h2-16,23-24H,17H2,1H3,(H,29,34)/t23-,24-/m0/s1. The normalized spacial score (nSPS) is 17.4. The number of carbonyl (C=O) groups is 1. The first-order valence-corrected chi connectivity index (χ1v) is 11.3. The van der Waals surface area contributed by atoms with Gasteiger partial charge in [0.25, 0.3) is 0 Å². The molecule has 0 spiro atoms. The van der Waals surface area contributed by atoms with Crippen LogP contribution < -0.4 is 5.32 Å². The molecule has 4 heterocycles. The smallest absolute Gasteiger partial charge is 0.339 e. The second-order valence-corrected chi connectivity index (χ2v) is 8.31. The van der Waals surface area contributed by atoms with Crippen LogP contribution in [0, 0.1) is 0 Å². The van der Waals surface area contributed by atoms with Gasteiger partial charge in [-0.05, 0) is 60.2 Å². The predicted molar refractivity (Wildman–Crippen MR) is 132 cm³/mol. The lowest BCUT2D eigenvalue weighted by Gasteiger charge is -2.29. The molecule has 34 heavy (non-hydrogen) atoms. The molecule has 8 heteroatoms. The fraction of sp³-hybridized carbons (Fsp3) is 0.154. The second kappa shape index (κ2) is 9.44. The maximum atomic E-state index is 12.5. The number of ether oxygens (including phenoxy) is 1. The van der Waals surface area contributed by atoms with Crippen molar-refractivity contribution in [1.29, 1.82) is 0 Å².